The molecule has 0 unspecified atom stereocenters. The first kappa shape index (κ1) is 16.5. The van der Waals surface area contributed by atoms with E-state index in [1.54, 1.807) is 11.2 Å². The van der Waals surface area contributed by atoms with Gasteiger partial charge in [-0.15, -0.1) is 0 Å². The maximum absolute atomic E-state index is 12.8. The van der Waals surface area contributed by atoms with Crippen LogP contribution in [0.25, 0.3) is 0 Å². The molecule has 136 valence electrons. The highest BCUT2D eigenvalue weighted by atomic mass is 16.6. The quantitative estimate of drug-likeness (QED) is 0.887. The topological polar surface area (TPSA) is 83.8 Å². The largest absolute Gasteiger partial charge is 0.467 e. The fraction of sp³-hybridized carbons (Fsp3) is 0.368. The number of nitrogens with zero attached hydrogens (tertiary/aromatic N) is 1. The SMILES string of the molecule is O=C1NCC2(CCN(C(=O)N[C@H](c3ccccc3)c3ccco3)CC2)O1. The molecule has 1 atom stereocenters. The number of rotatable bonds is 3. The number of ether oxygens (including phenoxy) is 1. The van der Waals surface area contributed by atoms with E-state index in [-0.39, 0.29) is 18.2 Å². The van der Waals surface area contributed by atoms with E-state index in [1.165, 1.54) is 0 Å². The zero-order chi connectivity index (χ0) is 18.0. The van der Waals surface area contributed by atoms with Gasteiger partial charge in [0.25, 0.3) is 0 Å². The molecule has 1 aromatic heterocycles. The lowest BCUT2D eigenvalue weighted by atomic mass is 9.92. The summed E-state index contributed by atoms with van der Waals surface area (Å²) < 4.78 is 10.9. The summed E-state index contributed by atoms with van der Waals surface area (Å²) in [7, 11) is 0. The Labute approximate surface area is 151 Å². The van der Waals surface area contributed by atoms with Gasteiger partial charge >= 0.3 is 12.1 Å². The van der Waals surface area contributed by atoms with Gasteiger partial charge in [0.1, 0.15) is 17.4 Å². The Kier molecular flexibility index (Phi) is 4.28. The van der Waals surface area contributed by atoms with Gasteiger partial charge in [-0.05, 0) is 17.7 Å². The molecule has 7 heteroatoms. The van der Waals surface area contributed by atoms with Crippen LogP contribution in [0.1, 0.15) is 30.2 Å². The molecule has 0 radical (unpaired) electrons. The number of hydrogen-bond acceptors (Lipinski definition) is 4. The third-order valence-electron chi connectivity index (χ3n) is 5.05. The molecule has 2 saturated heterocycles. The zero-order valence-electron chi connectivity index (χ0n) is 14.3. The van der Waals surface area contributed by atoms with Crippen LogP contribution in [-0.2, 0) is 4.74 Å². The van der Waals surface area contributed by atoms with Crippen molar-refractivity contribution >= 4 is 12.1 Å². The standard InChI is InChI=1S/C19H21N3O4/c23-17(22-10-8-19(9-11-22)13-20-18(24)26-19)21-16(15-7-4-12-25-15)14-5-2-1-3-6-14/h1-7,12,16H,8-11,13H2,(H,20,24)(H,21,23)/t16-/m1/s1. The van der Waals surface area contributed by atoms with Crippen LogP contribution in [0.2, 0.25) is 0 Å². The Morgan fingerprint density at radius 1 is 1.15 bits per heavy atom. The van der Waals surface area contributed by atoms with Crippen molar-refractivity contribution in [3.05, 3.63) is 60.1 Å². The van der Waals surface area contributed by atoms with Crippen molar-refractivity contribution in [3.63, 3.8) is 0 Å². The number of benzene rings is 1. The van der Waals surface area contributed by atoms with Crippen molar-refractivity contribution in [1.82, 2.24) is 15.5 Å². The smallest absolute Gasteiger partial charge is 0.407 e. The minimum Gasteiger partial charge on any atom is -0.467 e. The molecule has 0 bridgehead atoms. The Hall–Kier alpha value is -2.96. The number of amides is 3. The van der Waals surface area contributed by atoms with E-state index in [2.05, 4.69) is 10.6 Å². The average molecular weight is 355 g/mol. The van der Waals surface area contributed by atoms with Crippen LogP contribution in [0.4, 0.5) is 9.59 Å². The number of piperidine rings is 1. The molecule has 4 rings (SSSR count). The number of likely N-dealkylation sites (tertiary alicyclic amines) is 1. The number of carbonyl (C=O) groups excluding carboxylic acids is 2. The highest BCUT2D eigenvalue weighted by Gasteiger charge is 2.43. The van der Waals surface area contributed by atoms with Gasteiger partial charge in [-0.1, -0.05) is 30.3 Å². The predicted molar refractivity (Wildman–Crippen MR) is 93.5 cm³/mol. The molecule has 2 aliphatic heterocycles. The van der Waals surface area contributed by atoms with Gasteiger partial charge in [0.15, 0.2) is 0 Å². The third kappa shape index (κ3) is 3.24. The van der Waals surface area contributed by atoms with Crippen LogP contribution < -0.4 is 10.6 Å². The number of urea groups is 1. The molecular formula is C19H21N3O4. The van der Waals surface area contributed by atoms with Crippen LogP contribution >= 0.6 is 0 Å². The summed E-state index contributed by atoms with van der Waals surface area (Å²) in [6.45, 7) is 1.60. The summed E-state index contributed by atoms with van der Waals surface area (Å²) in [4.78, 5) is 25.9. The van der Waals surface area contributed by atoms with Gasteiger partial charge in [-0.2, -0.15) is 0 Å². The minimum atomic E-state index is -0.465. The molecule has 2 aromatic rings. The van der Waals surface area contributed by atoms with Crippen LogP contribution in [0.5, 0.6) is 0 Å². The van der Waals surface area contributed by atoms with E-state index >= 15 is 0 Å². The molecule has 3 heterocycles. The molecule has 3 amide bonds. The Bertz CT molecular complexity index is 767. The fourth-order valence-electron chi connectivity index (χ4n) is 3.53. The van der Waals surface area contributed by atoms with Gasteiger partial charge in [-0.25, -0.2) is 9.59 Å². The summed E-state index contributed by atoms with van der Waals surface area (Å²) in [6, 6.07) is 12.9. The predicted octanol–water partition coefficient (Wildman–Crippen LogP) is 2.65. The number of alkyl carbamates (subject to hydrolysis) is 1. The summed E-state index contributed by atoms with van der Waals surface area (Å²) >= 11 is 0. The number of furan rings is 1. The second-order valence-corrected chi connectivity index (χ2v) is 6.72. The molecule has 1 spiro atoms. The lowest BCUT2D eigenvalue weighted by molar-refractivity contribution is 0.00957. The Morgan fingerprint density at radius 3 is 2.54 bits per heavy atom. The monoisotopic (exact) mass is 355 g/mol. The van der Waals surface area contributed by atoms with E-state index in [9.17, 15) is 9.59 Å². The number of nitrogens with one attached hydrogen (secondary N) is 2. The third-order valence-corrected chi connectivity index (χ3v) is 5.05. The first-order valence-electron chi connectivity index (χ1n) is 8.76. The molecule has 2 aliphatic rings. The number of hydrogen-bond donors (Lipinski definition) is 2. The van der Waals surface area contributed by atoms with Crippen LogP contribution in [0, 0.1) is 0 Å². The highest BCUT2D eigenvalue weighted by Crippen LogP contribution is 2.30. The van der Waals surface area contributed by atoms with Gasteiger partial charge < -0.3 is 24.7 Å². The summed E-state index contributed by atoms with van der Waals surface area (Å²) in [5.41, 5.74) is 0.492. The maximum Gasteiger partial charge on any atom is 0.407 e. The number of carbonyl (C=O) groups is 2. The van der Waals surface area contributed by atoms with Crippen molar-refractivity contribution < 1.29 is 18.7 Å². The van der Waals surface area contributed by atoms with Gasteiger partial charge in [0.2, 0.25) is 0 Å². The summed E-state index contributed by atoms with van der Waals surface area (Å²) in [5, 5.41) is 5.77. The Balaban J connectivity index is 1.44. The van der Waals surface area contributed by atoms with E-state index in [0.29, 0.717) is 38.2 Å². The normalized spacial score (nSPS) is 19.7. The van der Waals surface area contributed by atoms with Crippen molar-refractivity contribution in [2.75, 3.05) is 19.6 Å². The molecule has 7 nitrogen and oxygen atoms in total. The van der Waals surface area contributed by atoms with Crippen molar-refractivity contribution in [2.24, 2.45) is 0 Å². The second kappa shape index (κ2) is 6.74. The van der Waals surface area contributed by atoms with Crippen molar-refractivity contribution in [3.8, 4) is 0 Å². The van der Waals surface area contributed by atoms with Gasteiger partial charge in [0.05, 0.1) is 12.8 Å². The summed E-state index contributed by atoms with van der Waals surface area (Å²) in [6.07, 6.45) is 2.50. The molecular weight excluding hydrogens is 334 g/mol. The molecule has 0 saturated carbocycles. The first-order valence-corrected chi connectivity index (χ1v) is 8.76. The lowest BCUT2D eigenvalue weighted by Gasteiger charge is -2.37. The molecule has 2 fully saturated rings. The Morgan fingerprint density at radius 2 is 1.92 bits per heavy atom. The molecule has 2 N–H and O–H groups in total. The van der Waals surface area contributed by atoms with E-state index < -0.39 is 5.60 Å². The van der Waals surface area contributed by atoms with Crippen LogP contribution in [0.15, 0.2) is 53.1 Å². The maximum atomic E-state index is 12.8. The average Bonchev–Trinajstić information content (AvgIpc) is 3.31. The van der Waals surface area contributed by atoms with E-state index in [1.807, 2.05) is 42.5 Å². The van der Waals surface area contributed by atoms with E-state index in [0.717, 1.165) is 5.56 Å². The van der Waals surface area contributed by atoms with Crippen LogP contribution in [-0.4, -0.2) is 42.3 Å². The van der Waals surface area contributed by atoms with E-state index in [4.69, 9.17) is 9.15 Å². The summed E-state index contributed by atoms with van der Waals surface area (Å²) in [5.74, 6) is 0.687. The minimum absolute atomic E-state index is 0.151. The van der Waals surface area contributed by atoms with Gasteiger partial charge in [0, 0.05) is 25.9 Å². The lowest BCUT2D eigenvalue weighted by Crippen LogP contribution is -2.51. The highest BCUT2D eigenvalue weighted by molar-refractivity contribution is 5.75. The molecule has 1 aromatic carbocycles. The van der Waals surface area contributed by atoms with Gasteiger partial charge in [-0.3, -0.25) is 0 Å². The molecule has 0 aliphatic carbocycles. The first-order chi connectivity index (χ1) is 12.7. The van der Waals surface area contributed by atoms with Crippen molar-refractivity contribution in [2.45, 2.75) is 24.5 Å². The zero-order valence-corrected chi connectivity index (χ0v) is 14.3. The van der Waals surface area contributed by atoms with Crippen molar-refractivity contribution in [1.29, 1.82) is 0 Å². The fourth-order valence-corrected chi connectivity index (χ4v) is 3.53. The second-order valence-electron chi connectivity index (χ2n) is 6.72. The molecule has 26 heavy (non-hydrogen) atoms. The van der Waals surface area contributed by atoms with Crippen LogP contribution in [0.3, 0.4) is 0 Å².